The smallest absolute Gasteiger partial charge is 0.226 e. The summed E-state index contributed by atoms with van der Waals surface area (Å²) in [6, 6.07) is 8.05. The molecule has 1 unspecified atom stereocenters. The third kappa shape index (κ3) is 6.25. The van der Waals surface area contributed by atoms with Gasteiger partial charge in [0, 0.05) is 19.5 Å². The fourth-order valence-electron chi connectivity index (χ4n) is 2.98. The van der Waals surface area contributed by atoms with Crippen LogP contribution in [0.5, 0.6) is 5.75 Å². The number of nitrogens with zero attached hydrogens (tertiary/aromatic N) is 3. The first-order chi connectivity index (χ1) is 13.6. The fraction of sp³-hybridized carbons (Fsp3) is 0.550. The Morgan fingerprint density at radius 2 is 2.04 bits per heavy atom. The summed E-state index contributed by atoms with van der Waals surface area (Å²) >= 11 is 1.35. The summed E-state index contributed by atoms with van der Waals surface area (Å²) in [4.78, 5) is 14.5. The molecule has 1 aromatic heterocycles. The summed E-state index contributed by atoms with van der Waals surface area (Å²) in [5.74, 6) is 0.772. The normalized spacial score (nSPS) is 15.9. The van der Waals surface area contributed by atoms with Gasteiger partial charge in [-0.3, -0.25) is 9.69 Å². The van der Waals surface area contributed by atoms with Crippen LogP contribution in [0.1, 0.15) is 43.4 Å². The molecular formula is C20H28N4O3S. The van der Waals surface area contributed by atoms with Gasteiger partial charge in [-0.1, -0.05) is 30.4 Å². The molecule has 1 aromatic carbocycles. The summed E-state index contributed by atoms with van der Waals surface area (Å²) in [6.07, 6.45) is 2.08. The van der Waals surface area contributed by atoms with Crippen molar-refractivity contribution in [1.82, 2.24) is 15.1 Å². The summed E-state index contributed by atoms with van der Waals surface area (Å²) in [5, 5.41) is 12.3. The summed E-state index contributed by atoms with van der Waals surface area (Å²) < 4.78 is 11.3. The van der Waals surface area contributed by atoms with Gasteiger partial charge in [0.15, 0.2) is 5.01 Å². The predicted molar refractivity (Wildman–Crippen MR) is 110 cm³/mol. The highest BCUT2D eigenvalue weighted by atomic mass is 32.1. The molecule has 1 N–H and O–H groups in total. The zero-order valence-electron chi connectivity index (χ0n) is 16.5. The van der Waals surface area contributed by atoms with Crippen molar-refractivity contribution >= 4 is 22.4 Å². The standard InChI is InChI=1S/C20H28N4O3S/c1-3-16-6-8-17(9-7-16)27-15(2)19-22-23-20(28-19)21-18(25)5-4-10-24-11-13-26-14-12-24/h6-9,15H,3-5,10-14H2,1-2H3,(H,21,23,25). The maximum absolute atomic E-state index is 12.1. The second kappa shape index (κ2) is 10.5. The SMILES string of the molecule is CCc1ccc(OC(C)c2nnc(NC(=O)CCCN3CCOCC3)s2)cc1. The molecule has 1 atom stereocenters. The van der Waals surface area contributed by atoms with E-state index in [2.05, 4.69) is 39.5 Å². The Labute approximate surface area is 170 Å². The molecule has 1 saturated heterocycles. The zero-order chi connectivity index (χ0) is 19.8. The van der Waals surface area contributed by atoms with Crippen LogP contribution in [0.25, 0.3) is 0 Å². The molecule has 3 rings (SSSR count). The molecule has 28 heavy (non-hydrogen) atoms. The lowest BCUT2D eigenvalue weighted by atomic mass is 10.2. The Morgan fingerprint density at radius 3 is 2.75 bits per heavy atom. The van der Waals surface area contributed by atoms with Gasteiger partial charge in [-0.2, -0.15) is 0 Å². The molecule has 0 radical (unpaired) electrons. The second-order valence-corrected chi connectivity index (χ2v) is 7.82. The van der Waals surface area contributed by atoms with E-state index in [9.17, 15) is 4.79 Å². The molecule has 0 bridgehead atoms. The number of hydrogen-bond donors (Lipinski definition) is 1. The van der Waals surface area contributed by atoms with Crippen molar-refractivity contribution in [3.05, 3.63) is 34.8 Å². The molecule has 2 aromatic rings. The van der Waals surface area contributed by atoms with Crippen molar-refractivity contribution in [2.45, 2.75) is 39.2 Å². The van der Waals surface area contributed by atoms with Crippen molar-refractivity contribution in [2.75, 3.05) is 38.2 Å². The van der Waals surface area contributed by atoms with Crippen LogP contribution >= 0.6 is 11.3 Å². The van der Waals surface area contributed by atoms with Crippen LogP contribution in [0, 0.1) is 0 Å². The lowest BCUT2D eigenvalue weighted by Gasteiger charge is -2.26. The number of aryl methyl sites for hydroxylation is 1. The molecule has 2 heterocycles. The number of aromatic nitrogens is 2. The van der Waals surface area contributed by atoms with E-state index in [4.69, 9.17) is 9.47 Å². The molecule has 7 nitrogen and oxygen atoms in total. The third-order valence-electron chi connectivity index (χ3n) is 4.66. The third-order valence-corrected chi connectivity index (χ3v) is 5.66. The molecule has 1 aliphatic rings. The van der Waals surface area contributed by atoms with Crippen LogP contribution in [0.15, 0.2) is 24.3 Å². The van der Waals surface area contributed by atoms with Crippen LogP contribution in [0.3, 0.4) is 0 Å². The summed E-state index contributed by atoms with van der Waals surface area (Å²) in [5.41, 5.74) is 1.27. The van der Waals surface area contributed by atoms with Gasteiger partial charge in [-0.25, -0.2) is 0 Å². The topological polar surface area (TPSA) is 76.6 Å². The van der Waals surface area contributed by atoms with E-state index in [1.165, 1.54) is 16.9 Å². The number of carbonyl (C=O) groups excluding carboxylic acids is 1. The molecule has 1 aliphatic heterocycles. The highest BCUT2D eigenvalue weighted by molar-refractivity contribution is 7.15. The Balaban J connectivity index is 1.42. The van der Waals surface area contributed by atoms with Crippen LogP contribution in [-0.4, -0.2) is 53.9 Å². The molecule has 8 heteroatoms. The minimum atomic E-state index is -0.225. The molecule has 1 amide bonds. The monoisotopic (exact) mass is 404 g/mol. The minimum Gasteiger partial charge on any atom is -0.483 e. The van der Waals surface area contributed by atoms with Crippen molar-refractivity contribution < 1.29 is 14.3 Å². The molecule has 0 saturated carbocycles. The molecule has 0 aliphatic carbocycles. The number of morpholine rings is 1. The average molecular weight is 405 g/mol. The Kier molecular flexibility index (Phi) is 7.76. The number of hydrogen-bond acceptors (Lipinski definition) is 7. The molecule has 152 valence electrons. The highest BCUT2D eigenvalue weighted by Gasteiger charge is 2.16. The Morgan fingerprint density at radius 1 is 1.29 bits per heavy atom. The van der Waals surface area contributed by atoms with Gasteiger partial charge in [-0.05, 0) is 44.0 Å². The van der Waals surface area contributed by atoms with Gasteiger partial charge in [-0.15, -0.1) is 10.2 Å². The first kappa shape index (κ1) is 20.7. The van der Waals surface area contributed by atoms with E-state index in [0.717, 1.165) is 56.4 Å². The number of carbonyl (C=O) groups is 1. The summed E-state index contributed by atoms with van der Waals surface area (Å²) in [6.45, 7) is 8.42. The Hall–Kier alpha value is -2.03. The van der Waals surface area contributed by atoms with Gasteiger partial charge in [0.1, 0.15) is 11.9 Å². The van der Waals surface area contributed by atoms with E-state index in [-0.39, 0.29) is 12.0 Å². The number of anilines is 1. The largest absolute Gasteiger partial charge is 0.483 e. The van der Waals surface area contributed by atoms with Crippen molar-refractivity contribution in [2.24, 2.45) is 0 Å². The number of rotatable bonds is 9. The number of benzene rings is 1. The van der Waals surface area contributed by atoms with Crippen LogP contribution < -0.4 is 10.1 Å². The molecule has 0 spiro atoms. The number of nitrogens with one attached hydrogen (secondary N) is 1. The van der Waals surface area contributed by atoms with Crippen molar-refractivity contribution in [3.8, 4) is 5.75 Å². The second-order valence-electron chi connectivity index (χ2n) is 6.81. The first-order valence-corrected chi connectivity index (χ1v) is 10.6. The maximum Gasteiger partial charge on any atom is 0.226 e. The predicted octanol–water partition coefficient (Wildman–Crippen LogP) is 3.29. The Bertz CT molecular complexity index is 744. The lowest BCUT2D eigenvalue weighted by Crippen LogP contribution is -2.37. The van der Waals surface area contributed by atoms with Crippen LogP contribution in [0.4, 0.5) is 5.13 Å². The van der Waals surface area contributed by atoms with E-state index in [0.29, 0.717) is 11.6 Å². The first-order valence-electron chi connectivity index (χ1n) is 9.83. The van der Waals surface area contributed by atoms with Gasteiger partial charge < -0.3 is 14.8 Å². The van der Waals surface area contributed by atoms with Crippen molar-refractivity contribution in [1.29, 1.82) is 0 Å². The van der Waals surface area contributed by atoms with Gasteiger partial charge >= 0.3 is 0 Å². The average Bonchev–Trinajstić information content (AvgIpc) is 3.18. The highest BCUT2D eigenvalue weighted by Crippen LogP contribution is 2.26. The number of amides is 1. The number of ether oxygens (including phenoxy) is 2. The fourth-order valence-corrected chi connectivity index (χ4v) is 3.72. The van der Waals surface area contributed by atoms with E-state index >= 15 is 0 Å². The van der Waals surface area contributed by atoms with Crippen LogP contribution in [-0.2, 0) is 16.0 Å². The zero-order valence-corrected chi connectivity index (χ0v) is 17.3. The molecule has 1 fully saturated rings. The molecular weight excluding hydrogens is 376 g/mol. The van der Waals surface area contributed by atoms with Crippen LogP contribution in [0.2, 0.25) is 0 Å². The quantitative estimate of drug-likeness (QED) is 0.691. The lowest BCUT2D eigenvalue weighted by molar-refractivity contribution is -0.116. The van der Waals surface area contributed by atoms with Gasteiger partial charge in [0.05, 0.1) is 13.2 Å². The van der Waals surface area contributed by atoms with E-state index < -0.39 is 0 Å². The van der Waals surface area contributed by atoms with E-state index in [1.807, 2.05) is 19.1 Å². The summed E-state index contributed by atoms with van der Waals surface area (Å²) in [7, 11) is 0. The maximum atomic E-state index is 12.1. The van der Waals surface area contributed by atoms with Crippen molar-refractivity contribution in [3.63, 3.8) is 0 Å². The minimum absolute atomic E-state index is 0.0281. The van der Waals surface area contributed by atoms with Gasteiger partial charge in [0.25, 0.3) is 0 Å². The van der Waals surface area contributed by atoms with Gasteiger partial charge in [0.2, 0.25) is 11.0 Å². The van der Waals surface area contributed by atoms with E-state index in [1.54, 1.807) is 0 Å².